The second-order valence-corrected chi connectivity index (χ2v) is 4.98. The van der Waals surface area contributed by atoms with Crippen molar-refractivity contribution in [1.82, 2.24) is 0 Å². The summed E-state index contributed by atoms with van der Waals surface area (Å²) in [6.07, 6.45) is 11.2. The van der Waals surface area contributed by atoms with E-state index in [-0.39, 0.29) is 0 Å². The molecule has 0 heterocycles. The van der Waals surface area contributed by atoms with Gasteiger partial charge in [0.15, 0.2) is 6.29 Å². The zero-order valence-corrected chi connectivity index (χ0v) is 12.1. The summed E-state index contributed by atoms with van der Waals surface area (Å²) in [6, 6.07) is 7.40. The first-order valence-electron chi connectivity index (χ1n) is 7.55. The van der Waals surface area contributed by atoms with E-state index in [0.29, 0.717) is 17.9 Å². The van der Waals surface area contributed by atoms with Gasteiger partial charge in [-0.3, -0.25) is 4.79 Å². The van der Waals surface area contributed by atoms with E-state index in [2.05, 4.69) is 6.92 Å². The molecule has 0 atom stereocenters. The molecule has 0 saturated carbocycles. The molecule has 0 N–H and O–H groups in total. The molecule has 0 aliphatic rings. The van der Waals surface area contributed by atoms with Gasteiger partial charge in [0, 0.05) is 0 Å². The fraction of sp³-hybridized carbons (Fsp3) is 0.588. The van der Waals surface area contributed by atoms with Crippen LogP contribution in [0.2, 0.25) is 0 Å². The average Bonchev–Trinajstić information content (AvgIpc) is 2.46. The molecule has 0 amide bonds. The van der Waals surface area contributed by atoms with Crippen molar-refractivity contribution in [3.63, 3.8) is 0 Å². The van der Waals surface area contributed by atoms with E-state index < -0.39 is 0 Å². The molecule has 1 aromatic rings. The van der Waals surface area contributed by atoms with Gasteiger partial charge in [-0.2, -0.15) is 0 Å². The molecular formula is C17H26O2. The summed E-state index contributed by atoms with van der Waals surface area (Å²) in [7, 11) is 0. The van der Waals surface area contributed by atoms with Gasteiger partial charge in [-0.15, -0.1) is 0 Å². The molecular weight excluding hydrogens is 236 g/mol. The van der Waals surface area contributed by atoms with E-state index >= 15 is 0 Å². The molecule has 19 heavy (non-hydrogen) atoms. The van der Waals surface area contributed by atoms with Crippen LogP contribution < -0.4 is 4.74 Å². The number of carbonyl (C=O) groups is 1. The average molecular weight is 262 g/mol. The van der Waals surface area contributed by atoms with Crippen LogP contribution in [0.3, 0.4) is 0 Å². The Morgan fingerprint density at radius 1 is 0.947 bits per heavy atom. The maximum atomic E-state index is 10.8. The van der Waals surface area contributed by atoms with Gasteiger partial charge in [0.05, 0.1) is 12.2 Å². The largest absolute Gasteiger partial charge is 0.493 e. The minimum absolute atomic E-state index is 0.641. The predicted octanol–water partition coefficient (Wildman–Crippen LogP) is 5.02. The lowest BCUT2D eigenvalue weighted by atomic mass is 10.1. The minimum Gasteiger partial charge on any atom is -0.493 e. The van der Waals surface area contributed by atoms with Crippen LogP contribution in [0.5, 0.6) is 5.75 Å². The third-order valence-corrected chi connectivity index (χ3v) is 3.30. The predicted molar refractivity (Wildman–Crippen MR) is 79.9 cm³/mol. The number of unbranched alkanes of at least 4 members (excludes halogenated alkanes) is 7. The summed E-state index contributed by atoms with van der Waals surface area (Å²) in [5, 5.41) is 0. The lowest BCUT2D eigenvalue weighted by Crippen LogP contribution is -1.99. The highest BCUT2D eigenvalue weighted by molar-refractivity contribution is 5.79. The Balaban J connectivity index is 2.03. The molecule has 0 aromatic heterocycles. The number of benzene rings is 1. The maximum Gasteiger partial charge on any atom is 0.153 e. The normalized spacial score (nSPS) is 10.4. The Kier molecular flexibility index (Phi) is 8.78. The summed E-state index contributed by atoms with van der Waals surface area (Å²) in [5.41, 5.74) is 0.641. The third-order valence-electron chi connectivity index (χ3n) is 3.30. The number of rotatable bonds is 11. The number of para-hydroxylation sites is 1. The van der Waals surface area contributed by atoms with Gasteiger partial charge in [-0.1, -0.05) is 64.0 Å². The molecule has 0 unspecified atom stereocenters. The van der Waals surface area contributed by atoms with Gasteiger partial charge in [0.25, 0.3) is 0 Å². The molecule has 0 bridgehead atoms. The minimum atomic E-state index is 0.641. The molecule has 0 spiro atoms. The molecule has 1 aromatic carbocycles. The van der Waals surface area contributed by atoms with E-state index in [0.717, 1.165) is 12.7 Å². The van der Waals surface area contributed by atoms with E-state index in [1.807, 2.05) is 18.2 Å². The summed E-state index contributed by atoms with van der Waals surface area (Å²) in [6.45, 7) is 2.95. The topological polar surface area (TPSA) is 26.3 Å². The van der Waals surface area contributed by atoms with Gasteiger partial charge in [-0.25, -0.2) is 0 Å². The summed E-state index contributed by atoms with van der Waals surface area (Å²) in [4.78, 5) is 10.8. The van der Waals surface area contributed by atoms with Crippen LogP contribution >= 0.6 is 0 Å². The highest BCUT2D eigenvalue weighted by Gasteiger charge is 2.00. The number of carbonyl (C=O) groups excluding carboxylic acids is 1. The highest BCUT2D eigenvalue weighted by Crippen LogP contribution is 2.16. The van der Waals surface area contributed by atoms with Gasteiger partial charge in [0.1, 0.15) is 5.75 Å². The summed E-state index contributed by atoms with van der Waals surface area (Å²) < 4.78 is 5.64. The van der Waals surface area contributed by atoms with E-state index in [1.54, 1.807) is 6.07 Å². The standard InChI is InChI=1S/C17H26O2/c1-2-3-4-5-6-7-8-11-14-19-17-13-10-9-12-16(17)15-18/h9-10,12-13,15H,2-8,11,14H2,1H3. The molecule has 0 saturated heterocycles. The second-order valence-electron chi connectivity index (χ2n) is 4.98. The first-order valence-corrected chi connectivity index (χ1v) is 7.55. The number of hydrogen-bond acceptors (Lipinski definition) is 2. The van der Waals surface area contributed by atoms with Crippen molar-refractivity contribution < 1.29 is 9.53 Å². The molecule has 0 aliphatic heterocycles. The van der Waals surface area contributed by atoms with Crippen molar-refractivity contribution >= 4 is 6.29 Å². The molecule has 0 fully saturated rings. The summed E-state index contributed by atoms with van der Waals surface area (Å²) >= 11 is 0. The van der Waals surface area contributed by atoms with Gasteiger partial charge in [0.2, 0.25) is 0 Å². The highest BCUT2D eigenvalue weighted by atomic mass is 16.5. The first kappa shape index (κ1) is 15.7. The number of ether oxygens (including phenoxy) is 1. The first-order chi connectivity index (χ1) is 9.38. The van der Waals surface area contributed by atoms with Crippen molar-refractivity contribution in [1.29, 1.82) is 0 Å². The van der Waals surface area contributed by atoms with Crippen molar-refractivity contribution in [2.24, 2.45) is 0 Å². The fourth-order valence-electron chi connectivity index (χ4n) is 2.13. The third kappa shape index (κ3) is 7.00. The Hall–Kier alpha value is -1.31. The zero-order chi connectivity index (χ0) is 13.8. The van der Waals surface area contributed by atoms with Crippen LogP contribution in [0, 0.1) is 0 Å². The van der Waals surface area contributed by atoms with Crippen LogP contribution in [0.15, 0.2) is 24.3 Å². The van der Waals surface area contributed by atoms with E-state index in [9.17, 15) is 4.79 Å². The van der Waals surface area contributed by atoms with Gasteiger partial charge < -0.3 is 4.74 Å². The Labute approximate surface area is 117 Å². The fourth-order valence-corrected chi connectivity index (χ4v) is 2.13. The molecule has 2 nitrogen and oxygen atoms in total. The number of aldehydes is 1. The lowest BCUT2D eigenvalue weighted by Gasteiger charge is -2.07. The van der Waals surface area contributed by atoms with Crippen molar-refractivity contribution in [2.75, 3.05) is 6.61 Å². The smallest absolute Gasteiger partial charge is 0.153 e. The van der Waals surface area contributed by atoms with Gasteiger partial charge >= 0.3 is 0 Å². The summed E-state index contributed by atoms with van der Waals surface area (Å²) in [5.74, 6) is 0.709. The molecule has 1 rings (SSSR count). The van der Waals surface area contributed by atoms with Crippen molar-refractivity contribution in [3.8, 4) is 5.75 Å². The lowest BCUT2D eigenvalue weighted by molar-refractivity contribution is 0.111. The van der Waals surface area contributed by atoms with E-state index in [1.165, 1.54) is 44.9 Å². The zero-order valence-electron chi connectivity index (χ0n) is 12.1. The Morgan fingerprint density at radius 3 is 2.26 bits per heavy atom. The molecule has 2 heteroatoms. The second kappa shape index (κ2) is 10.6. The SMILES string of the molecule is CCCCCCCCCCOc1ccccc1C=O. The molecule has 0 radical (unpaired) electrons. The Bertz CT molecular complexity index is 347. The molecule has 106 valence electrons. The van der Waals surface area contributed by atoms with Crippen LogP contribution in [-0.2, 0) is 0 Å². The maximum absolute atomic E-state index is 10.8. The van der Waals surface area contributed by atoms with Crippen LogP contribution in [-0.4, -0.2) is 12.9 Å². The van der Waals surface area contributed by atoms with Crippen molar-refractivity contribution in [2.45, 2.75) is 58.3 Å². The Morgan fingerprint density at radius 2 is 1.58 bits per heavy atom. The number of hydrogen-bond donors (Lipinski definition) is 0. The monoisotopic (exact) mass is 262 g/mol. The molecule has 0 aliphatic carbocycles. The van der Waals surface area contributed by atoms with Crippen molar-refractivity contribution in [3.05, 3.63) is 29.8 Å². The van der Waals surface area contributed by atoms with Crippen LogP contribution in [0.4, 0.5) is 0 Å². The quantitative estimate of drug-likeness (QED) is 0.413. The van der Waals surface area contributed by atoms with Gasteiger partial charge in [-0.05, 0) is 18.6 Å². The van der Waals surface area contributed by atoms with Crippen LogP contribution in [0.25, 0.3) is 0 Å². The van der Waals surface area contributed by atoms with Crippen LogP contribution in [0.1, 0.15) is 68.6 Å². The van der Waals surface area contributed by atoms with E-state index in [4.69, 9.17) is 4.74 Å².